The summed E-state index contributed by atoms with van der Waals surface area (Å²) < 4.78 is 20.7. The number of hydrogen-bond acceptors (Lipinski definition) is 3. The van der Waals surface area contributed by atoms with Crippen LogP contribution in [-0.2, 0) is 20.0 Å². The van der Waals surface area contributed by atoms with Crippen molar-refractivity contribution in [1.82, 2.24) is 20.4 Å². The van der Waals surface area contributed by atoms with Crippen LogP contribution in [-0.4, -0.2) is 28.8 Å². The summed E-state index contributed by atoms with van der Waals surface area (Å²) in [6.07, 6.45) is 0.877. The monoisotopic (exact) mass is 423 g/mol. The first-order valence-corrected chi connectivity index (χ1v) is 10.3. The van der Waals surface area contributed by atoms with Crippen molar-refractivity contribution in [2.75, 3.05) is 7.05 Å². The molecule has 7 heteroatoms. The average molecular weight is 424 g/mol. The van der Waals surface area contributed by atoms with Crippen molar-refractivity contribution in [3.8, 4) is 11.5 Å². The van der Waals surface area contributed by atoms with Crippen LogP contribution in [0.15, 0.2) is 53.5 Å². The van der Waals surface area contributed by atoms with Gasteiger partial charge in [0.05, 0.1) is 5.69 Å². The van der Waals surface area contributed by atoms with Gasteiger partial charge in [0.25, 0.3) is 0 Å². The molecule has 1 heterocycles. The van der Waals surface area contributed by atoms with Crippen LogP contribution in [0.3, 0.4) is 0 Å². The van der Waals surface area contributed by atoms with E-state index in [-0.39, 0.29) is 11.9 Å². The van der Waals surface area contributed by atoms with E-state index in [1.165, 1.54) is 23.4 Å². The van der Waals surface area contributed by atoms with Gasteiger partial charge in [-0.05, 0) is 74.7 Å². The topological polar surface area (TPSA) is 63.5 Å². The fourth-order valence-electron chi connectivity index (χ4n) is 3.40. The Bertz CT molecular complexity index is 1030. The molecular weight excluding hydrogens is 393 g/mol. The summed E-state index contributed by atoms with van der Waals surface area (Å²) in [4.78, 5) is 4.33. The molecule has 0 spiro atoms. The Kier molecular flexibility index (Phi) is 7.28. The van der Waals surface area contributed by atoms with Gasteiger partial charge in [0.15, 0.2) is 5.96 Å². The summed E-state index contributed by atoms with van der Waals surface area (Å²) in [5.74, 6) is 1.77. The minimum Gasteiger partial charge on any atom is -0.457 e. The molecule has 0 aliphatic carbocycles. The third-order valence-corrected chi connectivity index (χ3v) is 5.21. The van der Waals surface area contributed by atoms with Gasteiger partial charge in [-0.3, -0.25) is 9.67 Å². The van der Waals surface area contributed by atoms with Crippen molar-refractivity contribution >= 4 is 5.96 Å². The lowest BCUT2D eigenvalue weighted by Crippen LogP contribution is -2.42. The molecule has 0 bridgehead atoms. The molecule has 0 amide bonds. The number of nitrogens with one attached hydrogen (secondary N) is 2. The molecule has 6 nitrogen and oxygen atoms in total. The lowest BCUT2D eigenvalue weighted by molar-refractivity contribution is 0.480. The maximum absolute atomic E-state index is 13.0. The van der Waals surface area contributed by atoms with Crippen molar-refractivity contribution in [3.05, 3.63) is 76.9 Å². The maximum atomic E-state index is 13.0. The Morgan fingerprint density at radius 3 is 2.26 bits per heavy atom. The van der Waals surface area contributed by atoms with Gasteiger partial charge in [-0.2, -0.15) is 5.10 Å². The number of guanidine groups is 1. The molecule has 0 aliphatic heterocycles. The molecular formula is C24H30FN5O. The highest BCUT2D eigenvalue weighted by atomic mass is 19.1. The predicted molar refractivity (Wildman–Crippen MR) is 122 cm³/mol. The summed E-state index contributed by atoms with van der Waals surface area (Å²) in [7, 11) is 3.74. The number of benzene rings is 2. The molecule has 3 rings (SSSR count). The third kappa shape index (κ3) is 6.07. The number of ether oxygens (including phenoxy) is 1. The van der Waals surface area contributed by atoms with Gasteiger partial charge >= 0.3 is 0 Å². The van der Waals surface area contributed by atoms with Crippen LogP contribution in [0.4, 0.5) is 4.39 Å². The zero-order chi connectivity index (χ0) is 22.4. The summed E-state index contributed by atoms with van der Waals surface area (Å²) >= 11 is 0. The number of nitrogens with zero attached hydrogens (tertiary/aromatic N) is 3. The van der Waals surface area contributed by atoms with E-state index in [0.29, 0.717) is 18.0 Å². The molecule has 0 saturated heterocycles. The molecule has 164 valence electrons. The first-order valence-electron chi connectivity index (χ1n) is 10.3. The summed E-state index contributed by atoms with van der Waals surface area (Å²) in [5, 5.41) is 11.3. The van der Waals surface area contributed by atoms with Crippen molar-refractivity contribution in [2.24, 2.45) is 12.0 Å². The van der Waals surface area contributed by atoms with Crippen LogP contribution >= 0.6 is 0 Å². The Morgan fingerprint density at radius 1 is 1.10 bits per heavy atom. The highest BCUT2D eigenvalue weighted by Gasteiger charge is 2.14. The summed E-state index contributed by atoms with van der Waals surface area (Å²) in [6.45, 7) is 6.92. The average Bonchev–Trinajstić information content (AvgIpc) is 2.99. The molecule has 1 unspecified atom stereocenters. The Labute approximate surface area is 183 Å². The van der Waals surface area contributed by atoms with Gasteiger partial charge in [-0.15, -0.1) is 0 Å². The second-order valence-electron chi connectivity index (χ2n) is 7.65. The van der Waals surface area contributed by atoms with Gasteiger partial charge in [0, 0.05) is 32.4 Å². The van der Waals surface area contributed by atoms with E-state index in [4.69, 9.17) is 4.74 Å². The number of aryl methyl sites for hydroxylation is 2. The maximum Gasteiger partial charge on any atom is 0.191 e. The fourth-order valence-corrected chi connectivity index (χ4v) is 3.40. The van der Waals surface area contributed by atoms with E-state index < -0.39 is 0 Å². The van der Waals surface area contributed by atoms with Gasteiger partial charge in [-0.1, -0.05) is 12.1 Å². The lowest BCUT2D eigenvalue weighted by atomic mass is 10.1. The second-order valence-corrected chi connectivity index (χ2v) is 7.65. The van der Waals surface area contributed by atoms with Crippen molar-refractivity contribution in [2.45, 2.75) is 39.8 Å². The van der Waals surface area contributed by atoms with E-state index in [0.717, 1.165) is 23.6 Å². The first kappa shape index (κ1) is 22.3. The van der Waals surface area contributed by atoms with Gasteiger partial charge < -0.3 is 15.4 Å². The number of hydrogen-bond donors (Lipinski definition) is 2. The van der Waals surface area contributed by atoms with Crippen LogP contribution in [0.25, 0.3) is 0 Å². The largest absolute Gasteiger partial charge is 0.457 e. The van der Waals surface area contributed by atoms with Gasteiger partial charge in [-0.25, -0.2) is 4.39 Å². The number of aromatic nitrogens is 2. The van der Waals surface area contributed by atoms with E-state index in [1.54, 1.807) is 19.2 Å². The van der Waals surface area contributed by atoms with Crippen LogP contribution < -0.4 is 15.4 Å². The highest BCUT2D eigenvalue weighted by Crippen LogP contribution is 2.21. The minimum absolute atomic E-state index is 0.208. The third-order valence-electron chi connectivity index (χ3n) is 5.21. The SMILES string of the molecule is CN=C(NCc1ccc(Oc2ccc(F)cc2)cc1)NC(C)Cc1c(C)nn(C)c1C. The normalized spacial score (nSPS) is 12.5. The Balaban J connectivity index is 1.51. The van der Waals surface area contributed by atoms with Gasteiger partial charge in [0.2, 0.25) is 0 Å². The minimum atomic E-state index is -0.282. The molecule has 1 atom stereocenters. The zero-order valence-electron chi connectivity index (χ0n) is 18.7. The molecule has 2 aromatic carbocycles. The Hall–Kier alpha value is -3.35. The lowest BCUT2D eigenvalue weighted by Gasteiger charge is -2.18. The quantitative estimate of drug-likeness (QED) is 0.440. The first-order chi connectivity index (χ1) is 14.9. The summed E-state index contributed by atoms with van der Waals surface area (Å²) in [6, 6.07) is 14.0. The number of halogens is 1. The highest BCUT2D eigenvalue weighted by molar-refractivity contribution is 5.79. The molecule has 31 heavy (non-hydrogen) atoms. The van der Waals surface area contributed by atoms with E-state index in [9.17, 15) is 4.39 Å². The van der Waals surface area contributed by atoms with E-state index in [1.807, 2.05) is 42.9 Å². The predicted octanol–water partition coefficient (Wildman–Crippen LogP) is 4.26. The molecule has 1 aromatic heterocycles. The molecule has 0 saturated carbocycles. The van der Waals surface area contributed by atoms with E-state index >= 15 is 0 Å². The number of aliphatic imine (C=N–C) groups is 1. The second kappa shape index (κ2) is 10.1. The van der Waals surface area contributed by atoms with Gasteiger partial charge in [0.1, 0.15) is 17.3 Å². The molecule has 3 aromatic rings. The standard InChI is InChI=1S/C24H30FN5O/c1-16(14-23-17(2)29-30(5)18(23)3)28-24(26-4)27-15-19-6-10-21(11-7-19)31-22-12-8-20(25)9-13-22/h6-13,16H,14-15H2,1-5H3,(H2,26,27,28). The van der Waals surface area contributed by atoms with Crippen molar-refractivity contribution in [3.63, 3.8) is 0 Å². The Morgan fingerprint density at radius 2 is 1.71 bits per heavy atom. The van der Waals surface area contributed by atoms with Crippen LogP contribution in [0.2, 0.25) is 0 Å². The molecule has 0 radical (unpaired) electrons. The van der Waals surface area contributed by atoms with E-state index in [2.05, 4.69) is 34.6 Å². The summed E-state index contributed by atoms with van der Waals surface area (Å²) in [5.41, 5.74) is 4.63. The van der Waals surface area contributed by atoms with Crippen LogP contribution in [0.1, 0.15) is 29.4 Å². The van der Waals surface area contributed by atoms with Crippen LogP contribution in [0.5, 0.6) is 11.5 Å². The zero-order valence-corrected chi connectivity index (χ0v) is 18.7. The molecule has 0 fully saturated rings. The number of rotatable bonds is 7. The molecule has 0 aliphatic rings. The van der Waals surface area contributed by atoms with Crippen molar-refractivity contribution < 1.29 is 9.13 Å². The fraction of sp³-hybridized carbons (Fsp3) is 0.333. The van der Waals surface area contributed by atoms with Crippen molar-refractivity contribution in [1.29, 1.82) is 0 Å². The van der Waals surface area contributed by atoms with Crippen LogP contribution in [0, 0.1) is 19.7 Å². The molecule has 2 N–H and O–H groups in total. The smallest absolute Gasteiger partial charge is 0.191 e.